The number of rotatable bonds is 6. The third-order valence-electron chi connectivity index (χ3n) is 8.90. The van der Waals surface area contributed by atoms with Crippen LogP contribution in [0.5, 0.6) is 11.5 Å². The summed E-state index contributed by atoms with van der Waals surface area (Å²) in [6.45, 7) is 10.6. The van der Waals surface area contributed by atoms with Crippen molar-refractivity contribution in [3.8, 4) is 22.8 Å². The van der Waals surface area contributed by atoms with Crippen LogP contribution in [-0.4, -0.2) is 58.3 Å². The maximum atomic E-state index is 14.3. The predicted molar refractivity (Wildman–Crippen MR) is 194 cm³/mol. The highest BCUT2D eigenvalue weighted by Crippen LogP contribution is 2.67. The summed E-state index contributed by atoms with van der Waals surface area (Å²) in [5.41, 5.74) is 3.96. The number of imide groups is 1. The van der Waals surface area contributed by atoms with Crippen molar-refractivity contribution in [2.75, 3.05) is 24.4 Å². The average Bonchev–Trinajstić information content (AvgIpc) is 3.30. The maximum Gasteiger partial charge on any atom is 0.435 e. The van der Waals surface area contributed by atoms with Crippen molar-refractivity contribution < 1.29 is 33.3 Å². The van der Waals surface area contributed by atoms with Crippen LogP contribution in [0.15, 0.2) is 65.5 Å². The molecule has 1 N–H and O–H groups in total. The van der Waals surface area contributed by atoms with Gasteiger partial charge < -0.3 is 24.3 Å². The van der Waals surface area contributed by atoms with E-state index in [0.717, 1.165) is 21.7 Å². The zero-order valence-electron chi connectivity index (χ0n) is 29.7. The first-order chi connectivity index (χ1) is 24.1. The highest BCUT2D eigenvalue weighted by atomic mass is 32.1. The van der Waals surface area contributed by atoms with Crippen LogP contribution in [0.4, 0.5) is 26.8 Å². The summed E-state index contributed by atoms with van der Waals surface area (Å²) < 4.78 is 23.8. The van der Waals surface area contributed by atoms with E-state index in [0.29, 0.717) is 51.6 Å². The number of ether oxygens (including phenoxy) is 4. The summed E-state index contributed by atoms with van der Waals surface area (Å²) in [5.74, 6) is 0.890. The molecule has 12 nitrogen and oxygen atoms in total. The number of aromatic nitrogens is 3. The monoisotopic (exact) mass is 709 g/mol. The van der Waals surface area contributed by atoms with Crippen LogP contribution in [0, 0.1) is 0 Å². The van der Waals surface area contributed by atoms with Crippen LogP contribution in [0.25, 0.3) is 22.2 Å². The molecule has 0 radical (unpaired) electrons. The fourth-order valence-corrected chi connectivity index (χ4v) is 7.20. The lowest BCUT2D eigenvalue weighted by Gasteiger charge is -2.24. The second kappa shape index (κ2) is 12.1. The molecule has 7 rings (SSSR count). The molecule has 2 aliphatic rings. The van der Waals surface area contributed by atoms with Gasteiger partial charge in [-0.15, -0.1) is 16.4 Å². The van der Waals surface area contributed by atoms with Gasteiger partial charge in [-0.25, -0.2) is 19.5 Å². The number of nitrogens with one attached hydrogen (secondary N) is 1. The Hall–Kier alpha value is -5.43. The molecule has 264 valence electrons. The van der Waals surface area contributed by atoms with E-state index in [4.69, 9.17) is 24.0 Å². The molecule has 1 aliphatic carbocycles. The van der Waals surface area contributed by atoms with Gasteiger partial charge in [0.1, 0.15) is 22.7 Å². The Morgan fingerprint density at radius 1 is 0.922 bits per heavy atom. The molecule has 0 unspecified atom stereocenters. The van der Waals surface area contributed by atoms with Gasteiger partial charge in [-0.2, -0.15) is 4.68 Å². The first kappa shape index (κ1) is 34.0. The van der Waals surface area contributed by atoms with Crippen molar-refractivity contribution in [2.24, 2.45) is 0 Å². The van der Waals surface area contributed by atoms with E-state index >= 15 is 0 Å². The number of fused-ring (bicyclic) bond motifs is 3. The van der Waals surface area contributed by atoms with Gasteiger partial charge in [0.2, 0.25) is 5.91 Å². The number of amides is 2. The van der Waals surface area contributed by atoms with Crippen LogP contribution in [0.3, 0.4) is 0 Å². The lowest BCUT2D eigenvalue weighted by Crippen LogP contribution is -2.41. The van der Waals surface area contributed by atoms with Crippen molar-refractivity contribution in [3.05, 3.63) is 76.6 Å². The zero-order chi connectivity index (χ0) is 36.5. The molecule has 1 spiro atoms. The van der Waals surface area contributed by atoms with Crippen molar-refractivity contribution in [2.45, 2.75) is 70.5 Å². The number of methoxy groups -OCH3 is 2. The number of carbonyl (C=O) groups is 3. The van der Waals surface area contributed by atoms with Gasteiger partial charge in [-0.05, 0) is 108 Å². The fourth-order valence-electron chi connectivity index (χ4n) is 6.64. The van der Waals surface area contributed by atoms with Gasteiger partial charge in [-0.1, -0.05) is 6.07 Å². The summed E-state index contributed by atoms with van der Waals surface area (Å²) in [6.07, 6.45) is -0.942. The summed E-state index contributed by atoms with van der Waals surface area (Å²) in [5, 5.41) is 10.7. The molecular formula is C38H39N5O7S. The molecule has 1 saturated carbocycles. The smallest absolute Gasteiger partial charge is 0.435 e. The number of hydrogen-bond acceptors (Lipinski definition) is 11. The van der Waals surface area contributed by atoms with Gasteiger partial charge in [0.15, 0.2) is 5.82 Å². The average molecular weight is 710 g/mol. The Morgan fingerprint density at radius 2 is 1.67 bits per heavy atom. The van der Waals surface area contributed by atoms with Crippen molar-refractivity contribution in [3.63, 3.8) is 0 Å². The van der Waals surface area contributed by atoms with E-state index in [1.807, 2.05) is 47.8 Å². The molecule has 3 aromatic carbocycles. The van der Waals surface area contributed by atoms with E-state index in [-0.39, 0.29) is 11.8 Å². The topological polar surface area (TPSA) is 134 Å². The van der Waals surface area contributed by atoms with Crippen LogP contribution in [-0.2, 0) is 19.7 Å². The van der Waals surface area contributed by atoms with E-state index in [1.165, 1.54) is 16.0 Å². The predicted octanol–water partition coefficient (Wildman–Crippen LogP) is 8.41. The van der Waals surface area contributed by atoms with E-state index in [9.17, 15) is 14.4 Å². The van der Waals surface area contributed by atoms with Gasteiger partial charge in [0.05, 0.1) is 47.7 Å². The largest absolute Gasteiger partial charge is 0.497 e. The number of benzene rings is 3. The van der Waals surface area contributed by atoms with Crippen LogP contribution in [0.1, 0.15) is 65.0 Å². The minimum absolute atomic E-state index is 0.305. The Labute approximate surface area is 299 Å². The van der Waals surface area contributed by atoms with E-state index in [1.54, 1.807) is 73.4 Å². The summed E-state index contributed by atoms with van der Waals surface area (Å²) in [7, 11) is 3.14. The summed E-state index contributed by atoms with van der Waals surface area (Å²) in [4.78, 5) is 46.9. The van der Waals surface area contributed by atoms with Gasteiger partial charge in [0.25, 0.3) is 0 Å². The maximum absolute atomic E-state index is 14.3. The molecule has 0 saturated heterocycles. The van der Waals surface area contributed by atoms with Crippen LogP contribution < -0.4 is 19.7 Å². The summed E-state index contributed by atoms with van der Waals surface area (Å²) >= 11 is 1.50. The molecule has 2 amide bonds. The minimum Gasteiger partial charge on any atom is -0.497 e. The molecule has 2 atom stereocenters. The van der Waals surface area contributed by atoms with Crippen molar-refractivity contribution in [1.29, 1.82) is 0 Å². The van der Waals surface area contributed by atoms with Crippen molar-refractivity contribution in [1.82, 2.24) is 14.8 Å². The van der Waals surface area contributed by atoms with Crippen LogP contribution >= 0.6 is 11.3 Å². The molecule has 1 aliphatic heterocycles. The van der Waals surface area contributed by atoms with E-state index in [2.05, 4.69) is 10.3 Å². The molecule has 13 heteroatoms. The standard InChI is InChI=1S/C38H39N5O7S/c1-36(2,3)49-34(45)42-29-13-11-23(47-7)17-25(29)38(33(42)44)18-26(38)21-9-12-24-30(16-21)43(35(46)50-37(4,5)6)41-32(24)40-27-15-22(10-14-31(27)48-8)28-19-51-20-39-28/h9-17,19-20,26H,18H2,1-8H3,(H,40,41)/t26-,38-/m0/s1. The Balaban J connectivity index is 1.31. The normalized spacial score (nSPS) is 18.2. The summed E-state index contributed by atoms with van der Waals surface area (Å²) in [6, 6.07) is 16.6. The molecule has 51 heavy (non-hydrogen) atoms. The molecule has 1 fully saturated rings. The van der Waals surface area contributed by atoms with E-state index < -0.39 is 28.8 Å². The second-order valence-electron chi connectivity index (χ2n) is 14.7. The number of hydrogen-bond donors (Lipinski definition) is 1. The fraction of sp³-hybridized carbons (Fsp3) is 0.342. The third kappa shape index (κ3) is 6.05. The van der Waals surface area contributed by atoms with Crippen molar-refractivity contribution >= 4 is 57.5 Å². The number of thiazole rings is 1. The minimum atomic E-state index is -1.02. The number of carbonyl (C=O) groups excluding carboxylic acids is 3. The quantitative estimate of drug-likeness (QED) is 0.183. The first-order valence-electron chi connectivity index (χ1n) is 16.5. The van der Waals surface area contributed by atoms with Gasteiger partial charge >= 0.3 is 12.2 Å². The van der Waals surface area contributed by atoms with Gasteiger partial charge in [-0.3, -0.25) is 4.79 Å². The molecule has 2 aromatic heterocycles. The first-order valence-corrected chi connectivity index (χ1v) is 17.4. The van der Waals surface area contributed by atoms with Gasteiger partial charge in [0, 0.05) is 22.2 Å². The number of nitrogens with zero attached hydrogens (tertiary/aromatic N) is 4. The highest BCUT2D eigenvalue weighted by molar-refractivity contribution is 7.07. The third-order valence-corrected chi connectivity index (χ3v) is 9.49. The van der Waals surface area contributed by atoms with Crippen LogP contribution in [0.2, 0.25) is 0 Å². The highest BCUT2D eigenvalue weighted by Gasteiger charge is 2.68. The Bertz CT molecular complexity index is 2200. The second-order valence-corrected chi connectivity index (χ2v) is 15.4. The molecule has 0 bridgehead atoms. The molecule has 3 heterocycles. The SMILES string of the molecule is COc1ccc2c(c1)[C@]1(C[C@H]1c1ccc3c(Nc4cc(-c5cscn5)ccc4OC)nn(C(=O)OC(C)(C)C)c3c1)C(=O)N2C(=O)OC(C)(C)C. The lowest BCUT2D eigenvalue weighted by molar-refractivity contribution is -0.120. The molecular weight excluding hydrogens is 671 g/mol. The Kier molecular flexibility index (Phi) is 8.09. The zero-order valence-corrected chi connectivity index (χ0v) is 30.5. The number of anilines is 3. The lowest BCUT2D eigenvalue weighted by atomic mass is 9.91. The molecule has 5 aromatic rings. The Morgan fingerprint density at radius 3 is 2.33 bits per heavy atom.